The van der Waals surface area contributed by atoms with Gasteiger partial charge in [-0.1, -0.05) is 43.3 Å². The number of carbonyl (C=O) groups is 2. The molecule has 31 heavy (non-hydrogen) atoms. The third-order valence-electron chi connectivity index (χ3n) is 6.06. The number of amides is 1. The van der Waals surface area contributed by atoms with Crippen molar-refractivity contribution in [2.75, 3.05) is 6.54 Å². The zero-order valence-electron chi connectivity index (χ0n) is 17.9. The summed E-state index contributed by atoms with van der Waals surface area (Å²) in [5.74, 6) is -0.553. The first-order valence-corrected chi connectivity index (χ1v) is 11.8. The van der Waals surface area contributed by atoms with Gasteiger partial charge in [0, 0.05) is 23.9 Å². The number of aromatic carboxylic acids is 1. The molecule has 0 spiro atoms. The van der Waals surface area contributed by atoms with E-state index in [1.165, 1.54) is 16.9 Å². The number of hydrogen-bond donors (Lipinski definition) is 2. The maximum Gasteiger partial charge on any atom is 0.345 e. The van der Waals surface area contributed by atoms with Gasteiger partial charge in [-0.25, -0.2) is 4.79 Å². The van der Waals surface area contributed by atoms with Crippen LogP contribution in [0.2, 0.25) is 0 Å². The van der Waals surface area contributed by atoms with Gasteiger partial charge in [-0.05, 0) is 61.8 Å². The summed E-state index contributed by atoms with van der Waals surface area (Å²) in [6.45, 7) is 2.61. The van der Waals surface area contributed by atoms with Crippen molar-refractivity contribution < 1.29 is 19.8 Å². The summed E-state index contributed by atoms with van der Waals surface area (Å²) in [5.41, 5.74) is 1.29. The van der Waals surface area contributed by atoms with Gasteiger partial charge in [-0.2, -0.15) is 0 Å². The fraction of sp³-hybridized carbons (Fsp3) is 0.440. The van der Waals surface area contributed by atoms with Gasteiger partial charge in [0.15, 0.2) is 0 Å². The van der Waals surface area contributed by atoms with E-state index in [0.29, 0.717) is 24.3 Å². The molecule has 2 N–H and O–H groups in total. The number of carbonyl (C=O) groups excluding carboxylic acids is 1. The first-order chi connectivity index (χ1) is 14.9. The first kappa shape index (κ1) is 23.2. The lowest BCUT2D eigenvalue weighted by molar-refractivity contribution is -0.128. The summed E-state index contributed by atoms with van der Waals surface area (Å²) >= 11 is 1.22. The topological polar surface area (TPSA) is 77.8 Å². The highest BCUT2D eigenvalue weighted by Crippen LogP contribution is 2.26. The van der Waals surface area contributed by atoms with E-state index in [1.807, 2.05) is 35.3 Å². The van der Waals surface area contributed by atoms with Crippen LogP contribution in [0.3, 0.4) is 0 Å². The number of thiophene rings is 1. The highest BCUT2D eigenvalue weighted by atomic mass is 32.1. The molecule has 0 aliphatic carbocycles. The van der Waals surface area contributed by atoms with Crippen molar-refractivity contribution in [1.82, 2.24) is 4.90 Å². The molecule has 0 radical (unpaired) electrons. The van der Waals surface area contributed by atoms with Gasteiger partial charge in [-0.3, -0.25) is 4.79 Å². The number of likely N-dealkylation sites (tertiary alicyclic amines) is 1. The maximum atomic E-state index is 12.3. The molecule has 5 nitrogen and oxygen atoms in total. The van der Waals surface area contributed by atoms with E-state index in [2.05, 4.69) is 19.1 Å². The van der Waals surface area contributed by atoms with Crippen LogP contribution in [0.15, 0.2) is 48.5 Å². The predicted molar refractivity (Wildman–Crippen MR) is 124 cm³/mol. The molecule has 1 fully saturated rings. The van der Waals surface area contributed by atoms with E-state index in [9.17, 15) is 14.7 Å². The third-order valence-corrected chi connectivity index (χ3v) is 7.10. The van der Waals surface area contributed by atoms with Gasteiger partial charge in [0.1, 0.15) is 4.88 Å². The predicted octanol–water partition coefficient (Wildman–Crippen LogP) is 4.86. The van der Waals surface area contributed by atoms with Crippen LogP contribution in [0.5, 0.6) is 0 Å². The number of aryl methyl sites for hydroxylation is 1. The minimum atomic E-state index is -0.920. The second kappa shape index (κ2) is 11.3. The summed E-state index contributed by atoms with van der Waals surface area (Å²) < 4.78 is 0. The second-order valence-corrected chi connectivity index (χ2v) is 9.41. The summed E-state index contributed by atoms with van der Waals surface area (Å²) in [4.78, 5) is 26.4. The van der Waals surface area contributed by atoms with Crippen LogP contribution in [-0.2, 0) is 11.2 Å². The summed E-state index contributed by atoms with van der Waals surface area (Å²) in [5, 5.41) is 19.6. The zero-order chi connectivity index (χ0) is 22.2. The van der Waals surface area contributed by atoms with E-state index in [1.54, 1.807) is 12.1 Å². The fourth-order valence-corrected chi connectivity index (χ4v) is 4.84. The number of carboxylic acid groups (broad SMARTS) is 1. The molecule has 1 aromatic carbocycles. The maximum absolute atomic E-state index is 12.3. The molecule has 166 valence electrons. The van der Waals surface area contributed by atoms with Gasteiger partial charge in [-0.15, -0.1) is 11.3 Å². The molecule has 6 heteroatoms. The normalized spacial score (nSPS) is 18.6. The lowest BCUT2D eigenvalue weighted by Gasteiger charge is -2.26. The van der Waals surface area contributed by atoms with E-state index < -0.39 is 5.97 Å². The molecule has 1 unspecified atom stereocenters. The monoisotopic (exact) mass is 441 g/mol. The third kappa shape index (κ3) is 6.77. The molecule has 1 aliphatic heterocycles. The average molecular weight is 442 g/mol. The molecule has 1 aliphatic rings. The lowest BCUT2D eigenvalue weighted by Crippen LogP contribution is -2.34. The van der Waals surface area contributed by atoms with Crippen LogP contribution in [0, 0.1) is 5.92 Å². The number of nitrogens with zero attached hydrogens (tertiary/aromatic N) is 1. The average Bonchev–Trinajstić information content (AvgIpc) is 3.38. The van der Waals surface area contributed by atoms with Crippen molar-refractivity contribution in [2.24, 2.45) is 5.92 Å². The molecule has 1 amide bonds. The fourth-order valence-electron chi connectivity index (χ4n) is 4.06. The summed E-state index contributed by atoms with van der Waals surface area (Å²) in [6, 6.07) is 13.9. The molecule has 3 rings (SSSR count). The van der Waals surface area contributed by atoms with Crippen molar-refractivity contribution in [3.05, 3.63) is 63.9 Å². The van der Waals surface area contributed by atoms with Gasteiger partial charge in [0.25, 0.3) is 0 Å². The van der Waals surface area contributed by atoms with Gasteiger partial charge >= 0.3 is 5.97 Å². The van der Waals surface area contributed by atoms with Crippen LogP contribution in [0.25, 0.3) is 6.08 Å². The molecule has 0 saturated carbocycles. The summed E-state index contributed by atoms with van der Waals surface area (Å²) in [6.07, 6.45) is 8.23. The molecule has 3 atom stereocenters. The number of carboxylic acids is 1. The minimum Gasteiger partial charge on any atom is -0.477 e. The standard InChI is InChI=1S/C25H31NO4S/c1-18(9-10-19-6-3-2-4-7-19)22(27)14-11-20-12-16-24(28)26(20)17-5-8-21-13-15-23(31-21)25(29)30/h2-8,13,15,18,20,22,27H,9-12,14,16-17H2,1H3,(H,29,30)/t18-,20?,22+/m0/s1. The Morgan fingerprint density at radius 3 is 2.71 bits per heavy atom. The van der Waals surface area contributed by atoms with E-state index in [4.69, 9.17) is 5.11 Å². The lowest BCUT2D eigenvalue weighted by atomic mass is 9.92. The molecular formula is C25H31NO4S. The summed E-state index contributed by atoms with van der Waals surface area (Å²) in [7, 11) is 0. The largest absolute Gasteiger partial charge is 0.477 e. The highest BCUT2D eigenvalue weighted by Gasteiger charge is 2.30. The van der Waals surface area contributed by atoms with Gasteiger partial charge in [0.2, 0.25) is 5.91 Å². The van der Waals surface area contributed by atoms with E-state index in [-0.39, 0.29) is 24.0 Å². The number of aliphatic hydroxyl groups is 1. The van der Waals surface area contributed by atoms with Crippen molar-refractivity contribution in [1.29, 1.82) is 0 Å². The van der Waals surface area contributed by atoms with Gasteiger partial charge < -0.3 is 15.1 Å². The zero-order valence-corrected chi connectivity index (χ0v) is 18.8. The SMILES string of the molecule is C[C@@H](CCc1ccccc1)[C@H](O)CCC1CCC(=O)N1CC=Cc1ccc(C(=O)O)s1. The number of benzene rings is 1. The Balaban J connectivity index is 1.45. The van der Waals surface area contributed by atoms with Crippen LogP contribution in [-0.4, -0.2) is 45.7 Å². The number of hydrogen-bond acceptors (Lipinski definition) is 4. The smallest absolute Gasteiger partial charge is 0.345 e. The Hall–Kier alpha value is -2.44. The van der Waals surface area contributed by atoms with Crippen molar-refractivity contribution in [2.45, 2.75) is 57.6 Å². The Morgan fingerprint density at radius 2 is 2.00 bits per heavy atom. The quantitative estimate of drug-likeness (QED) is 0.522. The molecular weight excluding hydrogens is 410 g/mol. The van der Waals surface area contributed by atoms with Crippen LogP contribution < -0.4 is 0 Å². The number of aliphatic hydroxyl groups excluding tert-OH is 1. The Kier molecular flexibility index (Phi) is 8.43. The Morgan fingerprint density at radius 1 is 1.23 bits per heavy atom. The minimum absolute atomic E-state index is 0.152. The number of rotatable bonds is 11. The van der Waals surface area contributed by atoms with Crippen LogP contribution >= 0.6 is 11.3 Å². The van der Waals surface area contributed by atoms with Crippen molar-refractivity contribution in [3.63, 3.8) is 0 Å². The van der Waals surface area contributed by atoms with Crippen molar-refractivity contribution in [3.8, 4) is 0 Å². The molecule has 1 saturated heterocycles. The highest BCUT2D eigenvalue weighted by molar-refractivity contribution is 7.14. The molecule has 2 heterocycles. The van der Waals surface area contributed by atoms with Crippen LogP contribution in [0.1, 0.15) is 59.1 Å². The first-order valence-electron chi connectivity index (χ1n) is 10.9. The molecule has 2 aromatic rings. The Bertz CT molecular complexity index is 892. The van der Waals surface area contributed by atoms with Crippen LogP contribution in [0.4, 0.5) is 0 Å². The second-order valence-electron chi connectivity index (χ2n) is 8.29. The van der Waals surface area contributed by atoms with E-state index in [0.717, 1.165) is 30.6 Å². The Labute approximate surface area is 188 Å². The molecule has 0 bridgehead atoms. The van der Waals surface area contributed by atoms with Crippen molar-refractivity contribution >= 4 is 29.3 Å². The van der Waals surface area contributed by atoms with Gasteiger partial charge in [0.05, 0.1) is 6.10 Å². The van der Waals surface area contributed by atoms with E-state index >= 15 is 0 Å². The molecule has 1 aromatic heterocycles.